The molecule has 0 atom stereocenters. The molecule has 27 heavy (non-hydrogen) atoms. The maximum Gasteiger partial charge on any atom is 0.186 e. The van der Waals surface area contributed by atoms with E-state index in [1.165, 1.54) is 0 Å². The van der Waals surface area contributed by atoms with Crippen LogP contribution in [-0.2, 0) is 4.74 Å². The Balaban J connectivity index is 1.70. The summed E-state index contributed by atoms with van der Waals surface area (Å²) in [6.07, 6.45) is 2.59. The van der Waals surface area contributed by atoms with Crippen LogP contribution in [0.15, 0.2) is 23.3 Å². The number of hydrogen-bond donors (Lipinski definition) is 3. The SMILES string of the molecule is CCN(CC)c1ccc(/C=N/NC(=S)NCCCN2CCOCC2)c(O)c1. The molecule has 150 valence electrons. The molecule has 2 rings (SSSR count). The van der Waals surface area contributed by atoms with Gasteiger partial charge in [0.1, 0.15) is 5.75 Å². The first kappa shape index (κ1) is 21.4. The molecule has 3 N–H and O–H groups in total. The molecule has 0 aliphatic carbocycles. The van der Waals surface area contributed by atoms with Gasteiger partial charge in [0.2, 0.25) is 0 Å². The smallest absolute Gasteiger partial charge is 0.186 e. The van der Waals surface area contributed by atoms with E-state index >= 15 is 0 Å². The van der Waals surface area contributed by atoms with Gasteiger partial charge in [0.05, 0.1) is 19.4 Å². The number of nitrogens with one attached hydrogen (secondary N) is 2. The molecule has 1 aliphatic rings. The molecule has 0 radical (unpaired) electrons. The van der Waals surface area contributed by atoms with Crippen molar-refractivity contribution in [1.29, 1.82) is 0 Å². The van der Waals surface area contributed by atoms with E-state index in [0.29, 0.717) is 10.7 Å². The first-order valence-corrected chi connectivity index (χ1v) is 9.99. The van der Waals surface area contributed by atoms with Gasteiger partial charge in [-0.15, -0.1) is 0 Å². The van der Waals surface area contributed by atoms with E-state index in [2.05, 4.69) is 39.5 Å². The van der Waals surface area contributed by atoms with Gasteiger partial charge in [-0.1, -0.05) is 0 Å². The monoisotopic (exact) mass is 393 g/mol. The number of hydrazone groups is 1. The lowest BCUT2D eigenvalue weighted by Gasteiger charge is -2.26. The highest BCUT2D eigenvalue weighted by Gasteiger charge is 2.09. The molecule has 1 heterocycles. The Hall–Kier alpha value is -1.90. The zero-order valence-corrected chi connectivity index (χ0v) is 17.1. The normalized spacial score (nSPS) is 15.0. The number of morpholine rings is 1. The molecule has 1 saturated heterocycles. The molecule has 0 spiro atoms. The molecule has 7 nitrogen and oxygen atoms in total. The van der Waals surface area contributed by atoms with E-state index in [0.717, 1.165) is 64.6 Å². The van der Waals surface area contributed by atoms with Crippen molar-refractivity contribution >= 4 is 29.2 Å². The summed E-state index contributed by atoms with van der Waals surface area (Å²) < 4.78 is 5.34. The van der Waals surface area contributed by atoms with Crippen LogP contribution in [0.1, 0.15) is 25.8 Å². The van der Waals surface area contributed by atoms with E-state index in [9.17, 15) is 5.11 Å². The second-order valence-corrected chi connectivity index (χ2v) is 6.76. The minimum absolute atomic E-state index is 0.203. The number of hydrogen-bond acceptors (Lipinski definition) is 6. The van der Waals surface area contributed by atoms with E-state index in [1.807, 2.05) is 12.1 Å². The number of anilines is 1. The van der Waals surface area contributed by atoms with Crippen LogP contribution in [0.3, 0.4) is 0 Å². The number of rotatable bonds is 9. The second-order valence-electron chi connectivity index (χ2n) is 6.35. The summed E-state index contributed by atoms with van der Waals surface area (Å²) in [4.78, 5) is 4.57. The van der Waals surface area contributed by atoms with Crippen molar-refractivity contribution < 1.29 is 9.84 Å². The Bertz CT molecular complexity index is 616. The maximum atomic E-state index is 10.2. The minimum Gasteiger partial charge on any atom is -0.507 e. The van der Waals surface area contributed by atoms with Gasteiger partial charge in [0, 0.05) is 50.0 Å². The summed E-state index contributed by atoms with van der Waals surface area (Å²) in [5, 5.41) is 17.9. The fourth-order valence-electron chi connectivity index (χ4n) is 2.96. The van der Waals surface area contributed by atoms with E-state index in [4.69, 9.17) is 17.0 Å². The molecule has 0 amide bonds. The molecule has 0 bridgehead atoms. The molecule has 8 heteroatoms. The summed E-state index contributed by atoms with van der Waals surface area (Å²) in [5.41, 5.74) is 4.44. The maximum absolute atomic E-state index is 10.2. The van der Waals surface area contributed by atoms with E-state index in [1.54, 1.807) is 12.3 Å². The average molecular weight is 394 g/mol. The Morgan fingerprint density at radius 2 is 2.07 bits per heavy atom. The van der Waals surface area contributed by atoms with E-state index in [-0.39, 0.29) is 5.75 Å². The molecule has 0 aromatic heterocycles. The molecule has 1 aromatic rings. The van der Waals surface area contributed by atoms with Gasteiger partial charge < -0.3 is 20.1 Å². The number of ether oxygens (including phenoxy) is 1. The zero-order valence-electron chi connectivity index (χ0n) is 16.3. The van der Waals surface area contributed by atoms with Crippen LogP contribution in [0, 0.1) is 0 Å². The summed E-state index contributed by atoms with van der Waals surface area (Å²) in [7, 11) is 0. The Morgan fingerprint density at radius 3 is 2.74 bits per heavy atom. The van der Waals surface area contributed by atoms with Crippen LogP contribution in [0.4, 0.5) is 5.69 Å². The Morgan fingerprint density at radius 1 is 1.33 bits per heavy atom. The van der Waals surface area contributed by atoms with Gasteiger partial charge in [0.15, 0.2) is 5.11 Å². The topological polar surface area (TPSA) is 72.4 Å². The second kappa shape index (κ2) is 11.7. The van der Waals surface area contributed by atoms with Gasteiger partial charge in [-0.05, 0) is 51.2 Å². The Kier molecular flexibility index (Phi) is 9.30. The van der Waals surface area contributed by atoms with Crippen LogP contribution < -0.4 is 15.6 Å². The number of phenols is 1. The zero-order chi connectivity index (χ0) is 19.5. The predicted octanol–water partition coefficient (Wildman–Crippen LogP) is 1.76. The molecule has 1 fully saturated rings. The number of benzene rings is 1. The average Bonchev–Trinajstić information content (AvgIpc) is 2.68. The molecular weight excluding hydrogens is 362 g/mol. The van der Waals surface area contributed by atoms with Gasteiger partial charge in [-0.3, -0.25) is 10.3 Å². The first-order chi connectivity index (χ1) is 13.1. The van der Waals surface area contributed by atoms with Crippen LogP contribution >= 0.6 is 12.2 Å². The minimum atomic E-state index is 0.203. The summed E-state index contributed by atoms with van der Waals surface area (Å²) in [5.74, 6) is 0.203. The lowest BCUT2D eigenvalue weighted by Crippen LogP contribution is -2.39. The number of aromatic hydroxyl groups is 1. The summed E-state index contributed by atoms with van der Waals surface area (Å²) >= 11 is 5.22. The molecule has 0 unspecified atom stereocenters. The molecule has 1 aromatic carbocycles. The quantitative estimate of drug-likeness (QED) is 0.256. The van der Waals surface area contributed by atoms with Gasteiger partial charge >= 0.3 is 0 Å². The highest BCUT2D eigenvalue weighted by Crippen LogP contribution is 2.23. The molecule has 1 aliphatic heterocycles. The van der Waals surface area contributed by atoms with Crippen molar-refractivity contribution in [3.05, 3.63) is 23.8 Å². The van der Waals surface area contributed by atoms with Crippen LogP contribution in [0.25, 0.3) is 0 Å². The van der Waals surface area contributed by atoms with E-state index < -0.39 is 0 Å². The number of nitrogens with zero attached hydrogens (tertiary/aromatic N) is 3. The predicted molar refractivity (Wildman–Crippen MR) is 115 cm³/mol. The number of thiocarbonyl (C=S) groups is 1. The third-order valence-corrected chi connectivity index (χ3v) is 4.79. The standard InChI is InChI=1S/C19H31N5O2S/c1-3-24(4-2)17-7-6-16(18(25)14-17)15-21-22-19(27)20-8-5-9-23-10-12-26-13-11-23/h6-7,14-15,25H,3-5,8-13H2,1-2H3,(H2,20,22,27)/b21-15+. The molecule has 0 saturated carbocycles. The lowest BCUT2D eigenvalue weighted by atomic mass is 10.2. The third-order valence-electron chi connectivity index (χ3n) is 4.55. The van der Waals surface area contributed by atoms with Crippen LogP contribution in [0.5, 0.6) is 5.75 Å². The third kappa shape index (κ3) is 7.32. The highest BCUT2D eigenvalue weighted by molar-refractivity contribution is 7.80. The van der Waals surface area contributed by atoms with Gasteiger partial charge in [-0.25, -0.2) is 0 Å². The summed E-state index contributed by atoms with van der Waals surface area (Å²) in [6, 6.07) is 5.60. The van der Waals surface area contributed by atoms with Crippen LogP contribution in [0.2, 0.25) is 0 Å². The van der Waals surface area contributed by atoms with Crippen molar-refractivity contribution in [3.63, 3.8) is 0 Å². The van der Waals surface area contributed by atoms with Crippen molar-refractivity contribution in [3.8, 4) is 5.75 Å². The number of phenolic OH excluding ortho intramolecular Hbond substituents is 1. The lowest BCUT2D eigenvalue weighted by molar-refractivity contribution is 0.0376. The first-order valence-electron chi connectivity index (χ1n) is 9.59. The fourth-order valence-corrected chi connectivity index (χ4v) is 3.11. The summed E-state index contributed by atoms with van der Waals surface area (Å²) in [6.45, 7) is 11.5. The fraction of sp³-hybridized carbons (Fsp3) is 0.579. The van der Waals surface area contributed by atoms with Crippen molar-refractivity contribution in [2.45, 2.75) is 20.3 Å². The largest absolute Gasteiger partial charge is 0.507 e. The van der Waals surface area contributed by atoms with Crippen molar-refractivity contribution in [1.82, 2.24) is 15.6 Å². The highest BCUT2D eigenvalue weighted by atomic mass is 32.1. The van der Waals surface area contributed by atoms with Crippen molar-refractivity contribution in [2.75, 3.05) is 57.4 Å². The molecular formula is C19H31N5O2S. The van der Waals surface area contributed by atoms with Gasteiger partial charge in [-0.2, -0.15) is 5.10 Å². The van der Waals surface area contributed by atoms with Crippen molar-refractivity contribution in [2.24, 2.45) is 5.10 Å². The Labute approximate surface area is 167 Å². The van der Waals surface area contributed by atoms with Gasteiger partial charge in [0.25, 0.3) is 0 Å². The van der Waals surface area contributed by atoms with Crippen LogP contribution in [-0.4, -0.2) is 73.8 Å².